The molecule has 1 amide bonds. The minimum atomic E-state index is -0.744. The van der Waals surface area contributed by atoms with Crippen molar-refractivity contribution in [1.29, 1.82) is 0 Å². The number of aliphatic hydroxyl groups excluding tert-OH is 1. The van der Waals surface area contributed by atoms with Gasteiger partial charge in [0.2, 0.25) is 5.95 Å². The average molecular weight is 337 g/mol. The maximum Gasteiger partial charge on any atom is 0.270 e. The molecule has 3 aromatic rings. The molecule has 0 bridgehead atoms. The highest BCUT2D eigenvalue weighted by atomic mass is 16.3. The number of rotatable bonds is 5. The summed E-state index contributed by atoms with van der Waals surface area (Å²) in [6.45, 7) is 0.192. The standard InChI is InChI=1S/C18H19N5O2/c1-23(11-16(24)12-5-3-2-4-6-12)17(25)15-9-13(10-21-15)14-7-8-20-18(19)22-14/h2-10,16,21,24H,11H2,1H3,(H2,19,20,22). The Hall–Kier alpha value is -3.19. The van der Waals surface area contributed by atoms with Gasteiger partial charge in [-0.25, -0.2) is 9.97 Å². The van der Waals surface area contributed by atoms with E-state index in [1.807, 2.05) is 30.3 Å². The van der Waals surface area contributed by atoms with Crippen LogP contribution in [0.3, 0.4) is 0 Å². The SMILES string of the molecule is CN(CC(O)c1ccccc1)C(=O)c1cc(-c2ccnc(N)n2)c[nH]1. The van der Waals surface area contributed by atoms with Crippen molar-refractivity contribution in [2.75, 3.05) is 19.3 Å². The molecule has 0 saturated carbocycles. The van der Waals surface area contributed by atoms with Crippen molar-refractivity contribution in [3.05, 3.63) is 66.1 Å². The van der Waals surface area contributed by atoms with Gasteiger partial charge in [0.15, 0.2) is 0 Å². The molecule has 2 heterocycles. The molecular formula is C18H19N5O2. The van der Waals surface area contributed by atoms with Gasteiger partial charge in [-0.15, -0.1) is 0 Å². The van der Waals surface area contributed by atoms with Gasteiger partial charge < -0.3 is 20.7 Å². The van der Waals surface area contributed by atoms with Gasteiger partial charge in [0.1, 0.15) is 5.69 Å². The molecule has 3 rings (SSSR count). The van der Waals surface area contributed by atoms with Crippen molar-refractivity contribution < 1.29 is 9.90 Å². The van der Waals surface area contributed by atoms with Crippen LogP contribution in [-0.2, 0) is 0 Å². The third-order valence-corrected chi connectivity index (χ3v) is 3.86. The van der Waals surface area contributed by atoms with E-state index in [9.17, 15) is 9.90 Å². The summed E-state index contributed by atoms with van der Waals surface area (Å²) in [6.07, 6.45) is 2.51. The fraction of sp³-hybridized carbons (Fsp3) is 0.167. The first-order valence-corrected chi connectivity index (χ1v) is 7.80. The number of nitrogen functional groups attached to an aromatic ring is 1. The summed E-state index contributed by atoms with van der Waals surface area (Å²) in [4.78, 5) is 24.9. The number of likely N-dealkylation sites (N-methyl/N-ethyl adjacent to an activating group) is 1. The number of nitrogens with two attached hydrogens (primary N) is 1. The molecular weight excluding hydrogens is 318 g/mol. The molecule has 7 nitrogen and oxygen atoms in total. The number of carbonyl (C=O) groups is 1. The number of aromatic amines is 1. The Bertz CT molecular complexity index is 863. The van der Waals surface area contributed by atoms with Crippen molar-refractivity contribution in [3.63, 3.8) is 0 Å². The smallest absolute Gasteiger partial charge is 0.270 e. The second kappa shape index (κ2) is 7.14. The number of H-pyrrole nitrogens is 1. The molecule has 0 fully saturated rings. The molecule has 4 N–H and O–H groups in total. The zero-order valence-corrected chi connectivity index (χ0v) is 13.8. The Kier molecular flexibility index (Phi) is 4.76. The van der Waals surface area contributed by atoms with Crippen LogP contribution in [-0.4, -0.2) is 44.5 Å². The minimum Gasteiger partial charge on any atom is -0.387 e. The first kappa shape index (κ1) is 16.7. The molecule has 7 heteroatoms. The maximum atomic E-state index is 12.5. The number of carbonyl (C=O) groups excluding carboxylic acids is 1. The van der Waals surface area contributed by atoms with E-state index < -0.39 is 6.10 Å². The number of anilines is 1. The third-order valence-electron chi connectivity index (χ3n) is 3.86. The van der Waals surface area contributed by atoms with Crippen LogP contribution in [0.1, 0.15) is 22.2 Å². The number of nitrogens with one attached hydrogen (secondary N) is 1. The lowest BCUT2D eigenvalue weighted by molar-refractivity contribution is 0.0676. The van der Waals surface area contributed by atoms with Crippen LogP contribution in [0, 0.1) is 0 Å². The van der Waals surface area contributed by atoms with E-state index in [2.05, 4.69) is 15.0 Å². The van der Waals surface area contributed by atoms with E-state index >= 15 is 0 Å². The minimum absolute atomic E-state index is 0.176. The zero-order valence-electron chi connectivity index (χ0n) is 13.8. The summed E-state index contributed by atoms with van der Waals surface area (Å²) < 4.78 is 0. The van der Waals surface area contributed by atoms with Crippen LogP contribution in [0.5, 0.6) is 0 Å². The van der Waals surface area contributed by atoms with Crippen molar-refractivity contribution in [1.82, 2.24) is 19.9 Å². The van der Waals surface area contributed by atoms with Gasteiger partial charge in [0.05, 0.1) is 18.3 Å². The van der Waals surface area contributed by atoms with Gasteiger partial charge in [0.25, 0.3) is 5.91 Å². The summed E-state index contributed by atoms with van der Waals surface area (Å²) in [5, 5.41) is 10.3. The van der Waals surface area contributed by atoms with E-state index in [0.717, 1.165) is 11.1 Å². The lowest BCUT2D eigenvalue weighted by atomic mass is 10.1. The van der Waals surface area contributed by atoms with E-state index in [4.69, 9.17) is 5.73 Å². The summed E-state index contributed by atoms with van der Waals surface area (Å²) in [5.74, 6) is -0.0436. The molecule has 2 aromatic heterocycles. The summed E-state index contributed by atoms with van der Waals surface area (Å²) in [5.41, 5.74) is 8.15. The molecule has 25 heavy (non-hydrogen) atoms. The van der Waals surface area contributed by atoms with E-state index in [0.29, 0.717) is 11.4 Å². The second-order valence-corrected chi connectivity index (χ2v) is 5.71. The van der Waals surface area contributed by atoms with Crippen molar-refractivity contribution in [3.8, 4) is 11.3 Å². The summed E-state index contributed by atoms with van der Waals surface area (Å²) in [7, 11) is 1.65. The molecule has 1 aromatic carbocycles. The van der Waals surface area contributed by atoms with Crippen LogP contribution in [0.15, 0.2) is 54.9 Å². The molecule has 0 aliphatic heterocycles. The van der Waals surface area contributed by atoms with Crippen LogP contribution >= 0.6 is 0 Å². The second-order valence-electron chi connectivity index (χ2n) is 5.71. The maximum absolute atomic E-state index is 12.5. The predicted molar refractivity (Wildman–Crippen MR) is 94.6 cm³/mol. The molecule has 0 radical (unpaired) electrons. The zero-order chi connectivity index (χ0) is 17.8. The molecule has 1 unspecified atom stereocenters. The van der Waals surface area contributed by atoms with Gasteiger partial charge in [-0.3, -0.25) is 4.79 Å². The van der Waals surface area contributed by atoms with Crippen molar-refractivity contribution in [2.45, 2.75) is 6.10 Å². The Labute approximate surface area is 145 Å². The van der Waals surface area contributed by atoms with Crippen LogP contribution in [0.2, 0.25) is 0 Å². The highest BCUT2D eigenvalue weighted by Crippen LogP contribution is 2.20. The van der Waals surface area contributed by atoms with Crippen LogP contribution < -0.4 is 5.73 Å². The van der Waals surface area contributed by atoms with Gasteiger partial charge in [-0.2, -0.15) is 0 Å². The topological polar surface area (TPSA) is 108 Å². The Morgan fingerprint density at radius 1 is 1.32 bits per heavy atom. The largest absolute Gasteiger partial charge is 0.387 e. The van der Waals surface area contributed by atoms with Gasteiger partial charge in [0, 0.05) is 25.0 Å². The lowest BCUT2D eigenvalue weighted by Crippen LogP contribution is -2.31. The number of benzene rings is 1. The number of amides is 1. The highest BCUT2D eigenvalue weighted by Gasteiger charge is 2.18. The van der Waals surface area contributed by atoms with Gasteiger partial charge in [-0.1, -0.05) is 30.3 Å². The average Bonchev–Trinajstić information content (AvgIpc) is 3.12. The quantitative estimate of drug-likeness (QED) is 0.658. The highest BCUT2D eigenvalue weighted by molar-refractivity contribution is 5.93. The normalized spacial score (nSPS) is 11.9. The first-order chi connectivity index (χ1) is 12.0. The van der Waals surface area contributed by atoms with Gasteiger partial charge >= 0.3 is 0 Å². The fourth-order valence-electron chi connectivity index (χ4n) is 2.53. The van der Waals surface area contributed by atoms with Gasteiger partial charge in [-0.05, 0) is 17.7 Å². The van der Waals surface area contributed by atoms with E-state index in [1.54, 1.807) is 31.6 Å². The predicted octanol–water partition coefficient (Wildman–Crippen LogP) is 1.86. The van der Waals surface area contributed by atoms with E-state index in [1.165, 1.54) is 4.90 Å². The molecule has 0 aliphatic carbocycles. The first-order valence-electron chi connectivity index (χ1n) is 7.80. The molecule has 0 saturated heterocycles. The monoisotopic (exact) mass is 337 g/mol. The Morgan fingerprint density at radius 3 is 2.80 bits per heavy atom. The fourth-order valence-corrected chi connectivity index (χ4v) is 2.53. The Morgan fingerprint density at radius 2 is 2.08 bits per heavy atom. The number of aliphatic hydroxyl groups is 1. The number of hydrogen-bond acceptors (Lipinski definition) is 5. The number of aromatic nitrogens is 3. The number of hydrogen-bond donors (Lipinski definition) is 3. The summed E-state index contributed by atoms with van der Waals surface area (Å²) in [6, 6.07) is 12.7. The van der Waals surface area contributed by atoms with E-state index in [-0.39, 0.29) is 18.4 Å². The van der Waals surface area contributed by atoms with Crippen LogP contribution in [0.25, 0.3) is 11.3 Å². The summed E-state index contributed by atoms with van der Waals surface area (Å²) >= 11 is 0. The molecule has 1 atom stereocenters. The van der Waals surface area contributed by atoms with Crippen molar-refractivity contribution in [2.24, 2.45) is 0 Å². The molecule has 128 valence electrons. The lowest BCUT2D eigenvalue weighted by Gasteiger charge is -2.20. The van der Waals surface area contributed by atoms with Crippen LogP contribution in [0.4, 0.5) is 5.95 Å². The molecule has 0 aliphatic rings. The third kappa shape index (κ3) is 3.84. The Balaban J connectivity index is 1.71. The number of nitrogens with zero attached hydrogens (tertiary/aromatic N) is 3. The molecule has 0 spiro atoms. The van der Waals surface area contributed by atoms with Crippen molar-refractivity contribution >= 4 is 11.9 Å².